The number of aromatic amines is 1. The number of carbonyl (C=O) groups is 1. The first-order valence-corrected chi connectivity index (χ1v) is 6.90. The number of H-pyrrole nitrogens is 1. The molecule has 1 aromatic carbocycles. The summed E-state index contributed by atoms with van der Waals surface area (Å²) in [5, 5.41) is 7.98. The fraction of sp³-hybridized carbons (Fsp3) is 0.467. The largest absolute Gasteiger partial charge is 0.377 e. The van der Waals surface area contributed by atoms with E-state index in [1.807, 2.05) is 29.2 Å². The summed E-state index contributed by atoms with van der Waals surface area (Å²) >= 11 is 0. The van der Waals surface area contributed by atoms with Crippen molar-refractivity contribution in [1.82, 2.24) is 15.1 Å². The second-order valence-corrected chi connectivity index (χ2v) is 5.60. The van der Waals surface area contributed by atoms with Crippen molar-refractivity contribution < 1.29 is 9.53 Å². The molecule has 1 aliphatic heterocycles. The van der Waals surface area contributed by atoms with Crippen molar-refractivity contribution in [2.75, 3.05) is 20.2 Å². The Morgan fingerprint density at radius 1 is 1.45 bits per heavy atom. The molecule has 1 unspecified atom stereocenters. The van der Waals surface area contributed by atoms with E-state index in [-0.39, 0.29) is 11.5 Å². The Morgan fingerprint density at radius 3 is 3.05 bits per heavy atom. The fourth-order valence-electron chi connectivity index (χ4n) is 2.82. The van der Waals surface area contributed by atoms with Gasteiger partial charge < -0.3 is 9.64 Å². The van der Waals surface area contributed by atoms with E-state index in [2.05, 4.69) is 17.1 Å². The zero-order valence-corrected chi connectivity index (χ0v) is 11.8. The van der Waals surface area contributed by atoms with Gasteiger partial charge in [-0.05, 0) is 25.8 Å². The van der Waals surface area contributed by atoms with Gasteiger partial charge in [-0.15, -0.1) is 0 Å². The first kappa shape index (κ1) is 13.1. The number of hydrogen-bond donors (Lipinski definition) is 1. The summed E-state index contributed by atoms with van der Waals surface area (Å²) in [6.07, 6.45) is 1.94. The molecule has 2 heterocycles. The SMILES string of the molecule is COC1(C)CCCN(C(=O)c2n[nH]c3ccccc23)C1. The van der Waals surface area contributed by atoms with Gasteiger partial charge >= 0.3 is 0 Å². The molecule has 106 valence electrons. The number of aromatic nitrogens is 2. The van der Waals surface area contributed by atoms with Gasteiger partial charge in [0.15, 0.2) is 5.69 Å². The third-order valence-electron chi connectivity index (χ3n) is 4.11. The van der Waals surface area contributed by atoms with Crippen LogP contribution in [-0.2, 0) is 4.74 Å². The van der Waals surface area contributed by atoms with Gasteiger partial charge in [-0.3, -0.25) is 9.89 Å². The highest BCUT2D eigenvalue weighted by atomic mass is 16.5. The van der Waals surface area contributed by atoms with Crippen molar-refractivity contribution >= 4 is 16.8 Å². The summed E-state index contributed by atoms with van der Waals surface area (Å²) in [5.74, 6) is -0.0228. The molecule has 5 nitrogen and oxygen atoms in total. The van der Waals surface area contributed by atoms with Crippen molar-refractivity contribution in [2.24, 2.45) is 0 Å². The van der Waals surface area contributed by atoms with Crippen molar-refractivity contribution in [3.63, 3.8) is 0 Å². The van der Waals surface area contributed by atoms with E-state index in [0.29, 0.717) is 12.2 Å². The number of amides is 1. The lowest BCUT2D eigenvalue weighted by Crippen LogP contribution is -2.49. The minimum absolute atomic E-state index is 0.0228. The number of nitrogens with one attached hydrogen (secondary N) is 1. The number of likely N-dealkylation sites (tertiary alicyclic amines) is 1. The molecule has 0 radical (unpaired) electrons. The van der Waals surface area contributed by atoms with E-state index in [1.54, 1.807) is 7.11 Å². The maximum atomic E-state index is 12.7. The predicted octanol–water partition coefficient (Wildman–Crippen LogP) is 2.20. The van der Waals surface area contributed by atoms with Gasteiger partial charge in [-0.1, -0.05) is 18.2 Å². The van der Waals surface area contributed by atoms with Crippen LogP contribution < -0.4 is 0 Å². The van der Waals surface area contributed by atoms with Crippen LogP contribution in [-0.4, -0.2) is 46.8 Å². The maximum absolute atomic E-state index is 12.7. The first-order chi connectivity index (χ1) is 9.63. The van der Waals surface area contributed by atoms with Crippen LogP contribution in [0.3, 0.4) is 0 Å². The Kier molecular flexibility index (Phi) is 3.22. The second-order valence-electron chi connectivity index (χ2n) is 5.60. The number of carbonyl (C=O) groups excluding carboxylic acids is 1. The van der Waals surface area contributed by atoms with E-state index in [4.69, 9.17) is 4.74 Å². The smallest absolute Gasteiger partial charge is 0.275 e. The molecule has 0 spiro atoms. The zero-order chi connectivity index (χ0) is 14.2. The number of piperidine rings is 1. The molecule has 0 bridgehead atoms. The van der Waals surface area contributed by atoms with Crippen LogP contribution in [0.2, 0.25) is 0 Å². The third-order valence-corrected chi connectivity index (χ3v) is 4.11. The Balaban J connectivity index is 1.89. The van der Waals surface area contributed by atoms with E-state index in [0.717, 1.165) is 30.3 Å². The molecule has 1 fully saturated rings. The van der Waals surface area contributed by atoms with E-state index >= 15 is 0 Å². The number of rotatable bonds is 2. The zero-order valence-electron chi connectivity index (χ0n) is 11.8. The lowest BCUT2D eigenvalue weighted by atomic mass is 9.94. The molecule has 2 aromatic rings. The lowest BCUT2D eigenvalue weighted by molar-refractivity contribution is -0.0440. The van der Waals surface area contributed by atoms with Crippen LogP contribution in [0.5, 0.6) is 0 Å². The molecule has 20 heavy (non-hydrogen) atoms. The van der Waals surface area contributed by atoms with E-state index < -0.39 is 0 Å². The molecular weight excluding hydrogens is 254 g/mol. The molecule has 0 aliphatic carbocycles. The second kappa shape index (κ2) is 4.90. The van der Waals surface area contributed by atoms with Gasteiger partial charge in [-0.2, -0.15) is 5.10 Å². The number of ether oxygens (including phenoxy) is 1. The standard InChI is InChI=1S/C15H19N3O2/c1-15(20-2)8-5-9-18(10-15)14(19)13-11-6-3-4-7-12(11)16-17-13/h3-4,6-7H,5,8-10H2,1-2H3,(H,16,17). The first-order valence-electron chi connectivity index (χ1n) is 6.90. The van der Waals surface area contributed by atoms with Crippen LogP contribution in [0.4, 0.5) is 0 Å². The fourth-order valence-corrected chi connectivity index (χ4v) is 2.82. The topological polar surface area (TPSA) is 58.2 Å². The van der Waals surface area contributed by atoms with Crippen LogP contribution in [0.1, 0.15) is 30.3 Å². The van der Waals surface area contributed by atoms with Gasteiger partial charge in [0.1, 0.15) is 0 Å². The van der Waals surface area contributed by atoms with Gasteiger partial charge in [0.2, 0.25) is 0 Å². The number of para-hydroxylation sites is 1. The van der Waals surface area contributed by atoms with Crippen molar-refractivity contribution in [3.05, 3.63) is 30.0 Å². The van der Waals surface area contributed by atoms with E-state index in [9.17, 15) is 4.79 Å². The molecular formula is C15H19N3O2. The molecule has 1 saturated heterocycles. The number of nitrogens with zero attached hydrogens (tertiary/aromatic N) is 2. The van der Waals surface area contributed by atoms with Crippen LogP contribution in [0.25, 0.3) is 10.9 Å². The molecule has 1 aromatic heterocycles. The van der Waals surface area contributed by atoms with Gasteiger partial charge in [0.05, 0.1) is 11.1 Å². The average molecular weight is 273 g/mol. The molecule has 1 N–H and O–H groups in total. The lowest BCUT2D eigenvalue weighted by Gasteiger charge is -2.39. The third kappa shape index (κ3) is 2.18. The summed E-state index contributed by atoms with van der Waals surface area (Å²) < 4.78 is 5.54. The normalized spacial score (nSPS) is 23.2. The molecule has 1 amide bonds. The molecule has 1 aliphatic rings. The summed E-state index contributed by atoms with van der Waals surface area (Å²) in [7, 11) is 1.71. The van der Waals surface area contributed by atoms with E-state index in [1.165, 1.54) is 0 Å². The van der Waals surface area contributed by atoms with Gasteiger partial charge in [0, 0.05) is 25.6 Å². The van der Waals surface area contributed by atoms with Gasteiger partial charge in [-0.25, -0.2) is 0 Å². The summed E-state index contributed by atoms with van der Waals surface area (Å²) in [6, 6.07) is 7.70. The Hall–Kier alpha value is -1.88. The Bertz CT molecular complexity index is 637. The highest BCUT2D eigenvalue weighted by Crippen LogP contribution is 2.26. The molecule has 5 heteroatoms. The minimum Gasteiger partial charge on any atom is -0.377 e. The minimum atomic E-state index is -0.250. The summed E-state index contributed by atoms with van der Waals surface area (Å²) in [6.45, 7) is 3.43. The number of methoxy groups -OCH3 is 1. The van der Waals surface area contributed by atoms with Crippen LogP contribution in [0.15, 0.2) is 24.3 Å². The number of benzene rings is 1. The molecule has 3 rings (SSSR count). The highest BCUT2D eigenvalue weighted by molar-refractivity contribution is 6.04. The Morgan fingerprint density at radius 2 is 2.25 bits per heavy atom. The molecule has 1 atom stereocenters. The van der Waals surface area contributed by atoms with Crippen LogP contribution >= 0.6 is 0 Å². The summed E-state index contributed by atoms with van der Waals surface area (Å²) in [5.41, 5.74) is 1.14. The summed E-state index contributed by atoms with van der Waals surface area (Å²) in [4.78, 5) is 14.5. The predicted molar refractivity (Wildman–Crippen MR) is 76.6 cm³/mol. The maximum Gasteiger partial charge on any atom is 0.275 e. The average Bonchev–Trinajstić information content (AvgIpc) is 2.90. The number of fused-ring (bicyclic) bond motifs is 1. The van der Waals surface area contributed by atoms with Crippen molar-refractivity contribution in [1.29, 1.82) is 0 Å². The Labute approximate surface area is 117 Å². The number of hydrogen-bond acceptors (Lipinski definition) is 3. The van der Waals surface area contributed by atoms with Crippen molar-refractivity contribution in [2.45, 2.75) is 25.4 Å². The van der Waals surface area contributed by atoms with Crippen LogP contribution in [0, 0.1) is 0 Å². The highest BCUT2D eigenvalue weighted by Gasteiger charge is 2.34. The molecule has 0 saturated carbocycles. The van der Waals surface area contributed by atoms with Crippen molar-refractivity contribution in [3.8, 4) is 0 Å². The quantitative estimate of drug-likeness (QED) is 0.912. The van der Waals surface area contributed by atoms with Gasteiger partial charge in [0.25, 0.3) is 5.91 Å². The monoisotopic (exact) mass is 273 g/mol.